The lowest BCUT2D eigenvalue weighted by Gasteiger charge is -2.57. The molecule has 4 fully saturated rings. The van der Waals surface area contributed by atoms with Crippen LogP contribution >= 0.6 is 15.9 Å². The van der Waals surface area contributed by atoms with Crippen LogP contribution < -0.4 is 0 Å². The van der Waals surface area contributed by atoms with Crippen molar-refractivity contribution < 1.29 is 9.90 Å². The summed E-state index contributed by atoms with van der Waals surface area (Å²) in [6.45, 7) is 0. The fourth-order valence-corrected chi connectivity index (χ4v) is 5.27. The number of alkyl halides is 1. The van der Waals surface area contributed by atoms with E-state index in [1.807, 2.05) is 0 Å². The molecule has 1 N–H and O–H groups in total. The molecule has 0 amide bonds. The van der Waals surface area contributed by atoms with Crippen molar-refractivity contribution in [2.45, 2.75) is 36.9 Å². The molecule has 14 heavy (non-hydrogen) atoms. The minimum atomic E-state index is -0.557. The number of hydrogen-bond acceptors (Lipinski definition) is 1. The van der Waals surface area contributed by atoms with Gasteiger partial charge >= 0.3 is 5.97 Å². The van der Waals surface area contributed by atoms with Gasteiger partial charge in [-0.1, -0.05) is 15.9 Å². The van der Waals surface area contributed by atoms with Gasteiger partial charge < -0.3 is 5.11 Å². The first-order chi connectivity index (χ1) is 6.62. The van der Waals surface area contributed by atoms with Crippen LogP contribution in [0, 0.1) is 23.2 Å². The largest absolute Gasteiger partial charge is 0.481 e. The molecule has 3 heteroatoms. The average Bonchev–Trinajstić information content (AvgIpc) is 2.12. The first kappa shape index (κ1) is 9.20. The van der Waals surface area contributed by atoms with Gasteiger partial charge in [-0.15, -0.1) is 0 Å². The van der Waals surface area contributed by atoms with Gasteiger partial charge in [0.1, 0.15) is 0 Å². The molecular formula is C11H15BrO2. The maximum Gasteiger partial charge on any atom is 0.310 e. The van der Waals surface area contributed by atoms with Crippen molar-refractivity contribution in [1.29, 1.82) is 0 Å². The molecule has 78 valence electrons. The number of halogens is 1. The Morgan fingerprint density at radius 2 is 1.79 bits per heavy atom. The van der Waals surface area contributed by atoms with Crippen molar-refractivity contribution in [3.05, 3.63) is 0 Å². The van der Waals surface area contributed by atoms with Gasteiger partial charge in [-0.2, -0.15) is 0 Å². The lowest BCUT2D eigenvalue weighted by Crippen LogP contribution is -2.57. The Bertz CT molecular complexity index is 275. The lowest BCUT2D eigenvalue weighted by atomic mass is 9.49. The van der Waals surface area contributed by atoms with Crippen molar-refractivity contribution in [3.8, 4) is 0 Å². The van der Waals surface area contributed by atoms with Crippen LogP contribution in [-0.4, -0.2) is 15.9 Å². The van der Waals surface area contributed by atoms with E-state index in [1.165, 1.54) is 19.3 Å². The molecule has 0 radical (unpaired) electrons. The summed E-state index contributed by atoms with van der Waals surface area (Å²) in [4.78, 5) is 11.7. The smallest absolute Gasteiger partial charge is 0.310 e. The van der Waals surface area contributed by atoms with Gasteiger partial charge in [-0.3, -0.25) is 4.79 Å². The van der Waals surface area contributed by atoms with Crippen LogP contribution in [0.1, 0.15) is 32.1 Å². The van der Waals surface area contributed by atoms with Gasteiger partial charge in [-0.05, 0) is 49.9 Å². The Labute approximate surface area is 92.2 Å². The summed E-state index contributed by atoms with van der Waals surface area (Å²) in [7, 11) is 0. The number of rotatable bonds is 1. The van der Waals surface area contributed by atoms with Crippen molar-refractivity contribution in [3.63, 3.8) is 0 Å². The van der Waals surface area contributed by atoms with E-state index in [1.54, 1.807) is 0 Å². The molecule has 0 aromatic heterocycles. The van der Waals surface area contributed by atoms with Gasteiger partial charge in [0.05, 0.1) is 5.41 Å². The maximum absolute atomic E-state index is 11.4. The van der Waals surface area contributed by atoms with Gasteiger partial charge in [0.15, 0.2) is 0 Å². The number of carbonyl (C=O) groups is 1. The van der Waals surface area contributed by atoms with E-state index in [0.717, 1.165) is 12.8 Å². The topological polar surface area (TPSA) is 37.3 Å². The predicted octanol–water partition coefficient (Wildman–Crippen LogP) is 2.66. The summed E-state index contributed by atoms with van der Waals surface area (Å²) in [5.74, 6) is 1.49. The first-order valence-electron chi connectivity index (χ1n) is 5.49. The van der Waals surface area contributed by atoms with E-state index in [2.05, 4.69) is 15.9 Å². The van der Waals surface area contributed by atoms with Crippen molar-refractivity contribution in [2.24, 2.45) is 23.2 Å². The Hall–Kier alpha value is -0.0500. The van der Waals surface area contributed by atoms with E-state index in [0.29, 0.717) is 17.8 Å². The highest BCUT2D eigenvalue weighted by Crippen LogP contribution is 2.62. The summed E-state index contributed by atoms with van der Waals surface area (Å²) in [5.41, 5.74) is -0.408. The number of carboxylic acid groups (broad SMARTS) is 1. The van der Waals surface area contributed by atoms with Crippen LogP contribution in [0.5, 0.6) is 0 Å². The molecule has 4 rings (SSSR count). The molecule has 0 aromatic rings. The molecule has 4 aliphatic rings. The van der Waals surface area contributed by atoms with Crippen molar-refractivity contribution >= 4 is 21.9 Å². The molecule has 0 spiro atoms. The molecule has 0 aromatic carbocycles. The zero-order valence-corrected chi connectivity index (χ0v) is 9.66. The Morgan fingerprint density at radius 1 is 1.21 bits per heavy atom. The summed E-state index contributed by atoms with van der Waals surface area (Å²) < 4.78 is 0. The number of aliphatic carboxylic acids is 1. The highest BCUT2D eigenvalue weighted by molar-refractivity contribution is 9.09. The third-order valence-electron chi connectivity index (χ3n) is 4.61. The SMILES string of the molecule is O=C(O)C12C[C@H]3CC(C[C@@H](C3)C1)[C@@H]2Br. The first-order valence-corrected chi connectivity index (χ1v) is 6.41. The molecular weight excluding hydrogens is 244 g/mol. The Kier molecular flexibility index (Phi) is 1.80. The van der Waals surface area contributed by atoms with Crippen LogP contribution in [0.25, 0.3) is 0 Å². The van der Waals surface area contributed by atoms with E-state index >= 15 is 0 Å². The maximum atomic E-state index is 11.4. The molecule has 4 bridgehead atoms. The lowest BCUT2D eigenvalue weighted by molar-refractivity contribution is -0.162. The van der Waals surface area contributed by atoms with Crippen LogP contribution in [0.4, 0.5) is 0 Å². The molecule has 2 nitrogen and oxygen atoms in total. The van der Waals surface area contributed by atoms with Crippen LogP contribution in [0.2, 0.25) is 0 Å². The molecule has 0 aliphatic heterocycles. The summed E-state index contributed by atoms with van der Waals surface area (Å²) in [5, 5.41) is 9.42. The van der Waals surface area contributed by atoms with Crippen molar-refractivity contribution in [2.75, 3.05) is 0 Å². The van der Waals surface area contributed by atoms with Crippen LogP contribution in [0.15, 0.2) is 0 Å². The van der Waals surface area contributed by atoms with E-state index in [-0.39, 0.29) is 4.83 Å². The molecule has 4 saturated carbocycles. The third kappa shape index (κ3) is 0.995. The van der Waals surface area contributed by atoms with E-state index < -0.39 is 11.4 Å². The zero-order chi connectivity index (χ0) is 9.92. The highest BCUT2D eigenvalue weighted by atomic mass is 79.9. The molecule has 0 saturated heterocycles. The highest BCUT2D eigenvalue weighted by Gasteiger charge is 2.60. The zero-order valence-electron chi connectivity index (χ0n) is 8.08. The summed E-state index contributed by atoms with van der Waals surface area (Å²) in [6, 6.07) is 0. The average molecular weight is 259 g/mol. The predicted molar refractivity (Wildman–Crippen MR) is 56.3 cm³/mol. The monoisotopic (exact) mass is 258 g/mol. The second-order valence-corrected chi connectivity index (χ2v) is 6.46. The summed E-state index contributed by atoms with van der Waals surface area (Å²) >= 11 is 3.66. The summed E-state index contributed by atoms with van der Waals surface area (Å²) in [6.07, 6.45) is 5.67. The van der Waals surface area contributed by atoms with Gasteiger partial charge in [0.25, 0.3) is 0 Å². The van der Waals surface area contributed by atoms with E-state index in [4.69, 9.17) is 0 Å². The van der Waals surface area contributed by atoms with Gasteiger partial charge in [-0.25, -0.2) is 0 Å². The minimum Gasteiger partial charge on any atom is -0.481 e. The van der Waals surface area contributed by atoms with E-state index in [9.17, 15) is 9.90 Å². The van der Waals surface area contributed by atoms with Gasteiger partial charge in [0.2, 0.25) is 0 Å². The molecule has 4 aliphatic carbocycles. The quantitative estimate of drug-likeness (QED) is 0.735. The standard InChI is InChI=1S/C11H15BrO2/c12-9-8-2-6-1-7(3-8)5-11(9,4-6)10(13)14/h6-9H,1-5H2,(H,13,14)/t6-,7-,8?,9+,11?/m1/s1. The van der Waals surface area contributed by atoms with Crippen LogP contribution in [0.3, 0.4) is 0 Å². The Morgan fingerprint density at radius 3 is 2.29 bits per heavy atom. The Balaban J connectivity index is 2.01. The molecule has 3 atom stereocenters. The fraction of sp³-hybridized carbons (Fsp3) is 0.909. The van der Waals surface area contributed by atoms with Gasteiger partial charge in [0, 0.05) is 4.83 Å². The molecule has 0 heterocycles. The minimum absolute atomic E-state index is 0.236. The molecule has 0 unspecified atom stereocenters. The fourth-order valence-electron chi connectivity index (χ4n) is 4.27. The second kappa shape index (κ2) is 2.75. The number of carboxylic acids is 1. The second-order valence-electron chi connectivity index (χ2n) is 5.47. The number of hydrogen-bond donors (Lipinski definition) is 1. The third-order valence-corrected chi connectivity index (χ3v) is 6.24. The van der Waals surface area contributed by atoms with Crippen LogP contribution in [-0.2, 0) is 4.79 Å². The normalized spacial score (nSPS) is 54.9. The van der Waals surface area contributed by atoms with Crippen molar-refractivity contribution in [1.82, 2.24) is 0 Å².